The lowest BCUT2D eigenvalue weighted by molar-refractivity contribution is -0.133. The van der Waals surface area contributed by atoms with Gasteiger partial charge in [0.25, 0.3) is 0 Å². The van der Waals surface area contributed by atoms with Gasteiger partial charge in [-0.3, -0.25) is 9.69 Å². The zero-order valence-corrected chi connectivity index (χ0v) is 18.1. The van der Waals surface area contributed by atoms with Crippen LogP contribution in [0, 0.1) is 0 Å². The third-order valence-electron chi connectivity index (χ3n) is 4.81. The maximum atomic E-state index is 12.8. The van der Waals surface area contributed by atoms with Crippen LogP contribution in [0.2, 0.25) is 5.02 Å². The number of carbonyl (C=O) groups is 1. The molecule has 2 aromatic rings. The summed E-state index contributed by atoms with van der Waals surface area (Å²) in [6, 6.07) is 10.5. The summed E-state index contributed by atoms with van der Waals surface area (Å²) in [5.74, 6) is 0.0354. The van der Waals surface area contributed by atoms with Crippen LogP contribution in [0.4, 0.5) is 0 Å². The number of amides is 1. The number of carbonyl (C=O) groups excluding carboxylic acids is 1. The molecule has 1 aliphatic heterocycles. The lowest BCUT2D eigenvalue weighted by Crippen LogP contribution is -2.52. The van der Waals surface area contributed by atoms with Crippen molar-refractivity contribution in [3.63, 3.8) is 0 Å². The summed E-state index contributed by atoms with van der Waals surface area (Å²) in [7, 11) is -3.65. The molecule has 2 heterocycles. The average Bonchev–Trinajstić information content (AvgIpc) is 3.20. The molecular weight excluding hydrogens is 418 g/mol. The standard InChI is InChI=1S/C19H24ClN3O3S2/c1-2-21(14-16-6-5-13-27-16)15-19(24)22-9-11-23(12-10-22)28(25,26)18-8-4-3-7-17(18)20/h3-8,13H,2,9-12,14-15H2,1H3. The Morgan fingerprint density at radius 3 is 2.46 bits per heavy atom. The highest BCUT2D eigenvalue weighted by Gasteiger charge is 2.31. The molecule has 6 nitrogen and oxygen atoms in total. The highest BCUT2D eigenvalue weighted by atomic mass is 35.5. The second-order valence-electron chi connectivity index (χ2n) is 6.60. The van der Waals surface area contributed by atoms with Crippen LogP contribution < -0.4 is 0 Å². The minimum Gasteiger partial charge on any atom is -0.339 e. The lowest BCUT2D eigenvalue weighted by Gasteiger charge is -2.35. The van der Waals surface area contributed by atoms with E-state index in [9.17, 15) is 13.2 Å². The minimum absolute atomic E-state index is 0.0354. The van der Waals surface area contributed by atoms with Gasteiger partial charge in [-0.1, -0.05) is 36.7 Å². The Kier molecular flexibility index (Phi) is 7.11. The lowest BCUT2D eigenvalue weighted by atomic mass is 10.3. The number of thiophene rings is 1. The largest absolute Gasteiger partial charge is 0.339 e. The summed E-state index contributed by atoms with van der Waals surface area (Å²) < 4.78 is 27.0. The van der Waals surface area contributed by atoms with Crippen molar-refractivity contribution >= 4 is 38.9 Å². The van der Waals surface area contributed by atoms with E-state index in [0.29, 0.717) is 19.6 Å². The van der Waals surface area contributed by atoms with Gasteiger partial charge in [-0.25, -0.2) is 8.42 Å². The maximum absolute atomic E-state index is 12.8. The normalized spacial score (nSPS) is 15.9. The first kappa shape index (κ1) is 21.3. The van der Waals surface area contributed by atoms with Crippen molar-refractivity contribution in [1.82, 2.24) is 14.1 Å². The predicted octanol–water partition coefficient (Wildman–Crippen LogP) is 2.76. The van der Waals surface area contributed by atoms with Crippen LogP contribution in [0.1, 0.15) is 11.8 Å². The molecule has 0 saturated carbocycles. The van der Waals surface area contributed by atoms with Crippen molar-refractivity contribution in [2.24, 2.45) is 0 Å². The summed E-state index contributed by atoms with van der Waals surface area (Å²) >= 11 is 7.74. The fourth-order valence-corrected chi connectivity index (χ4v) is 5.83. The molecule has 0 bridgehead atoms. The Labute approximate surface area is 175 Å². The first-order chi connectivity index (χ1) is 13.4. The highest BCUT2D eigenvalue weighted by Crippen LogP contribution is 2.25. The number of likely N-dealkylation sites (N-methyl/N-ethyl adjacent to an activating group) is 1. The summed E-state index contributed by atoms with van der Waals surface area (Å²) in [6.45, 7) is 5.23. The van der Waals surface area contributed by atoms with E-state index in [2.05, 4.69) is 11.0 Å². The molecule has 9 heteroatoms. The van der Waals surface area contributed by atoms with E-state index in [4.69, 9.17) is 11.6 Å². The van der Waals surface area contributed by atoms with E-state index >= 15 is 0 Å². The number of rotatable bonds is 7. The van der Waals surface area contributed by atoms with Crippen LogP contribution >= 0.6 is 22.9 Å². The molecule has 0 aliphatic carbocycles. The van der Waals surface area contributed by atoms with Crippen LogP contribution in [0.15, 0.2) is 46.7 Å². The van der Waals surface area contributed by atoms with Crippen LogP contribution in [-0.2, 0) is 21.4 Å². The zero-order valence-electron chi connectivity index (χ0n) is 15.8. The number of sulfonamides is 1. The Morgan fingerprint density at radius 2 is 1.86 bits per heavy atom. The molecule has 3 rings (SSSR count). The van der Waals surface area contributed by atoms with Crippen LogP contribution in [0.25, 0.3) is 0 Å². The molecule has 28 heavy (non-hydrogen) atoms. The van der Waals surface area contributed by atoms with Gasteiger partial charge in [0.2, 0.25) is 15.9 Å². The summed E-state index contributed by atoms with van der Waals surface area (Å²) in [5.41, 5.74) is 0. The van der Waals surface area contributed by atoms with Crippen LogP contribution in [-0.4, -0.2) is 67.7 Å². The van der Waals surface area contributed by atoms with Crippen LogP contribution in [0.5, 0.6) is 0 Å². The molecule has 0 radical (unpaired) electrons. The van der Waals surface area contributed by atoms with Crippen LogP contribution in [0.3, 0.4) is 0 Å². The van der Waals surface area contributed by atoms with Crippen molar-refractivity contribution in [3.8, 4) is 0 Å². The molecule has 0 atom stereocenters. The van der Waals surface area contributed by atoms with Crippen molar-refractivity contribution in [3.05, 3.63) is 51.7 Å². The molecule has 0 spiro atoms. The van der Waals surface area contributed by atoms with Crippen molar-refractivity contribution in [1.29, 1.82) is 0 Å². The van der Waals surface area contributed by atoms with E-state index in [1.54, 1.807) is 34.4 Å². The number of halogens is 1. The van der Waals surface area contributed by atoms with E-state index in [1.165, 1.54) is 15.2 Å². The number of nitrogens with zero attached hydrogens (tertiary/aromatic N) is 3. The maximum Gasteiger partial charge on any atom is 0.244 e. The second kappa shape index (κ2) is 9.37. The number of hydrogen-bond acceptors (Lipinski definition) is 5. The SMILES string of the molecule is CCN(CC(=O)N1CCN(S(=O)(=O)c2ccccc2Cl)CC1)Cc1cccs1. The van der Waals surface area contributed by atoms with Gasteiger partial charge in [-0.2, -0.15) is 4.31 Å². The monoisotopic (exact) mass is 441 g/mol. The summed E-state index contributed by atoms with van der Waals surface area (Å²) in [5, 5.41) is 2.25. The van der Waals surface area contributed by atoms with Gasteiger partial charge < -0.3 is 4.90 Å². The quantitative estimate of drug-likeness (QED) is 0.662. The van der Waals surface area contributed by atoms with E-state index in [0.717, 1.165) is 13.1 Å². The third-order valence-corrected chi connectivity index (χ3v) is 8.07. The molecule has 1 fully saturated rings. The molecule has 0 N–H and O–H groups in total. The van der Waals surface area contributed by atoms with Gasteiger partial charge in [0.1, 0.15) is 4.90 Å². The highest BCUT2D eigenvalue weighted by molar-refractivity contribution is 7.89. The minimum atomic E-state index is -3.65. The molecule has 1 aliphatic rings. The average molecular weight is 442 g/mol. The molecule has 152 valence electrons. The summed E-state index contributed by atoms with van der Waals surface area (Å²) in [6.07, 6.45) is 0. The second-order valence-corrected chi connectivity index (χ2v) is 9.94. The molecule has 1 aromatic heterocycles. The topological polar surface area (TPSA) is 60.9 Å². The van der Waals surface area contributed by atoms with E-state index < -0.39 is 10.0 Å². The van der Waals surface area contributed by atoms with Gasteiger partial charge in [0.05, 0.1) is 11.6 Å². The fourth-order valence-electron chi connectivity index (χ4n) is 3.16. The van der Waals surface area contributed by atoms with Gasteiger partial charge >= 0.3 is 0 Å². The first-order valence-electron chi connectivity index (χ1n) is 9.19. The van der Waals surface area contributed by atoms with E-state index in [-0.39, 0.29) is 28.9 Å². The Hall–Kier alpha value is -1.45. The van der Waals surface area contributed by atoms with Gasteiger partial charge in [0, 0.05) is 37.6 Å². The zero-order chi connectivity index (χ0) is 20.1. The number of piperazine rings is 1. The van der Waals surface area contributed by atoms with Gasteiger partial charge in [-0.15, -0.1) is 11.3 Å². The molecule has 1 saturated heterocycles. The Balaban J connectivity index is 1.57. The van der Waals surface area contributed by atoms with Crippen molar-refractivity contribution in [2.45, 2.75) is 18.4 Å². The Morgan fingerprint density at radius 1 is 1.14 bits per heavy atom. The van der Waals surface area contributed by atoms with Crippen molar-refractivity contribution in [2.75, 3.05) is 39.3 Å². The molecule has 0 unspecified atom stereocenters. The third kappa shape index (κ3) is 4.93. The first-order valence-corrected chi connectivity index (χ1v) is 11.9. The van der Waals surface area contributed by atoms with Gasteiger partial charge in [-0.05, 0) is 30.1 Å². The molecule has 1 amide bonds. The Bertz CT molecular complexity index is 895. The smallest absolute Gasteiger partial charge is 0.244 e. The van der Waals surface area contributed by atoms with Gasteiger partial charge in [0.15, 0.2) is 0 Å². The van der Waals surface area contributed by atoms with Crippen molar-refractivity contribution < 1.29 is 13.2 Å². The predicted molar refractivity (Wildman–Crippen MR) is 112 cm³/mol. The number of benzene rings is 1. The molecule has 1 aromatic carbocycles. The van der Waals surface area contributed by atoms with E-state index in [1.807, 2.05) is 18.4 Å². The fraction of sp³-hybridized carbons (Fsp3) is 0.421. The molecular formula is C19H24ClN3O3S2. The number of hydrogen-bond donors (Lipinski definition) is 0. The summed E-state index contributed by atoms with van der Waals surface area (Å²) in [4.78, 5) is 17.9.